The number of Topliss-reactive ketones (excluding diaryl/α,β-unsaturated/α-hetero) is 1. The zero-order valence-electron chi connectivity index (χ0n) is 12.6. The van der Waals surface area contributed by atoms with E-state index in [4.69, 9.17) is 23.2 Å². The van der Waals surface area contributed by atoms with Gasteiger partial charge in [-0.3, -0.25) is 9.69 Å². The molecule has 0 N–H and O–H groups in total. The first-order valence-electron chi connectivity index (χ1n) is 7.80. The van der Waals surface area contributed by atoms with Crippen LogP contribution in [0, 0.1) is 5.92 Å². The molecule has 116 valence electrons. The Labute approximate surface area is 137 Å². The van der Waals surface area contributed by atoms with Crippen molar-refractivity contribution in [3.05, 3.63) is 33.8 Å². The van der Waals surface area contributed by atoms with Crippen molar-refractivity contribution in [3.63, 3.8) is 0 Å². The standard InChI is InChI=1S/C17H23Cl2NO/c1-2-4-13-5-3-9-20(10-8-13)12-17(21)15-11-14(18)6-7-16(15)19/h6-7,11,13H,2-5,8-10,12H2,1H3. The van der Waals surface area contributed by atoms with Crippen LogP contribution in [-0.4, -0.2) is 30.3 Å². The zero-order chi connectivity index (χ0) is 15.2. The highest BCUT2D eigenvalue weighted by Gasteiger charge is 2.20. The molecule has 0 radical (unpaired) electrons. The Balaban J connectivity index is 1.95. The van der Waals surface area contributed by atoms with Gasteiger partial charge >= 0.3 is 0 Å². The van der Waals surface area contributed by atoms with Crippen LogP contribution in [-0.2, 0) is 0 Å². The lowest BCUT2D eigenvalue weighted by Crippen LogP contribution is -2.31. The molecule has 0 amide bonds. The van der Waals surface area contributed by atoms with E-state index >= 15 is 0 Å². The fourth-order valence-electron chi connectivity index (χ4n) is 3.08. The third kappa shape index (κ3) is 4.98. The van der Waals surface area contributed by atoms with Crippen molar-refractivity contribution >= 4 is 29.0 Å². The monoisotopic (exact) mass is 327 g/mol. The molecular formula is C17H23Cl2NO. The number of hydrogen-bond donors (Lipinski definition) is 0. The van der Waals surface area contributed by atoms with Gasteiger partial charge in [0.1, 0.15) is 0 Å². The lowest BCUT2D eigenvalue weighted by molar-refractivity contribution is 0.0932. The Hall–Kier alpha value is -0.570. The second-order valence-corrected chi connectivity index (χ2v) is 6.75. The summed E-state index contributed by atoms with van der Waals surface area (Å²) in [7, 11) is 0. The molecule has 0 aliphatic carbocycles. The van der Waals surface area contributed by atoms with E-state index in [2.05, 4.69) is 11.8 Å². The molecule has 1 aromatic rings. The van der Waals surface area contributed by atoms with Gasteiger partial charge in [-0.1, -0.05) is 43.0 Å². The van der Waals surface area contributed by atoms with Crippen molar-refractivity contribution < 1.29 is 4.79 Å². The molecule has 1 atom stereocenters. The Morgan fingerprint density at radius 3 is 2.86 bits per heavy atom. The number of likely N-dealkylation sites (tertiary alicyclic amines) is 1. The third-order valence-corrected chi connectivity index (χ3v) is 4.80. The summed E-state index contributed by atoms with van der Waals surface area (Å²) >= 11 is 12.1. The lowest BCUT2D eigenvalue weighted by atomic mass is 9.96. The number of carbonyl (C=O) groups excluding carboxylic acids is 1. The molecule has 2 rings (SSSR count). The Morgan fingerprint density at radius 2 is 2.10 bits per heavy atom. The summed E-state index contributed by atoms with van der Waals surface area (Å²) in [6.07, 6.45) is 6.23. The van der Waals surface area contributed by atoms with Crippen LogP contribution in [0.15, 0.2) is 18.2 Å². The SMILES string of the molecule is CCCC1CCCN(CC(=O)c2cc(Cl)ccc2Cl)CC1. The van der Waals surface area contributed by atoms with Crippen LogP contribution in [0.1, 0.15) is 49.4 Å². The molecule has 1 fully saturated rings. The molecule has 2 nitrogen and oxygen atoms in total. The summed E-state index contributed by atoms with van der Waals surface area (Å²) in [5.74, 6) is 0.890. The van der Waals surface area contributed by atoms with Gasteiger partial charge in [0, 0.05) is 10.6 Å². The molecule has 0 bridgehead atoms. The third-order valence-electron chi connectivity index (χ3n) is 4.23. The van der Waals surface area contributed by atoms with Gasteiger partial charge in [0.05, 0.1) is 11.6 Å². The van der Waals surface area contributed by atoms with Gasteiger partial charge in [0.15, 0.2) is 5.78 Å². The van der Waals surface area contributed by atoms with Gasteiger partial charge in [0.2, 0.25) is 0 Å². The van der Waals surface area contributed by atoms with Gasteiger partial charge < -0.3 is 0 Å². The average molecular weight is 328 g/mol. The van der Waals surface area contributed by atoms with E-state index in [1.807, 2.05) is 0 Å². The predicted octanol–water partition coefficient (Wildman–Crippen LogP) is 5.08. The predicted molar refractivity (Wildman–Crippen MR) is 89.5 cm³/mol. The summed E-state index contributed by atoms with van der Waals surface area (Å²) < 4.78 is 0. The fourth-order valence-corrected chi connectivity index (χ4v) is 3.47. The van der Waals surface area contributed by atoms with E-state index in [-0.39, 0.29) is 5.78 Å². The summed E-state index contributed by atoms with van der Waals surface area (Å²) in [6, 6.07) is 5.07. The quantitative estimate of drug-likeness (QED) is 0.703. The van der Waals surface area contributed by atoms with Crippen molar-refractivity contribution in [2.75, 3.05) is 19.6 Å². The molecule has 0 saturated carbocycles. The van der Waals surface area contributed by atoms with Gasteiger partial charge in [-0.05, 0) is 56.5 Å². The molecule has 0 spiro atoms. The maximum absolute atomic E-state index is 12.4. The molecular weight excluding hydrogens is 305 g/mol. The van der Waals surface area contributed by atoms with E-state index < -0.39 is 0 Å². The molecule has 1 heterocycles. The van der Waals surface area contributed by atoms with Gasteiger partial charge in [0.25, 0.3) is 0 Å². The first kappa shape index (κ1) is 16.8. The number of ketones is 1. The van der Waals surface area contributed by atoms with E-state index in [0.717, 1.165) is 19.0 Å². The second kappa shape index (κ2) is 8.17. The minimum Gasteiger partial charge on any atom is -0.296 e. The lowest BCUT2D eigenvalue weighted by Gasteiger charge is -2.19. The minimum absolute atomic E-state index is 0.0661. The highest BCUT2D eigenvalue weighted by molar-refractivity contribution is 6.36. The normalized spacial score (nSPS) is 20.2. The molecule has 1 unspecified atom stereocenters. The van der Waals surface area contributed by atoms with Gasteiger partial charge in [-0.25, -0.2) is 0 Å². The van der Waals surface area contributed by atoms with Crippen LogP contribution >= 0.6 is 23.2 Å². The maximum atomic E-state index is 12.4. The Bertz CT molecular complexity index is 490. The van der Waals surface area contributed by atoms with E-state index in [9.17, 15) is 4.79 Å². The molecule has 21 heavy (non-hydrogen) atoms. The summed E-state index contributed by atoms with van der Waals surface area (Å²) in [5, 5.41) is 1.05. The molecule has 1 aliphatic rings. The summed E-state index contributed by atoms with van der Waals surface area (Å²) in [5.41, 5.74) is 0.540. The van der Waals surface area contributed by atoms with Gasteiger partial charge in [-0.2, -0.15) is 0 Å². The molecule has 1 saturated heterocycles. The minimum atomic E-state index is 0.0661. The number of halogens is 2. The topological polar surface area (TPSA) is 20.3 Å². The van der Waals surface area contributed by atoms with Crippen molar-refractivity contribution in [2.45, 2.75) is 39.0 Å². The number of carbonyl (C=O) groups is 1. The summed E-state index contributed by atoms with van der Waals surface area (Å²) in [6.45, 7) is 4.70. The highest BCUT2D eigenvalue weighted by atomic mass is 35.5. The number of benzene rings is 1. The molecule has 0 aromatic heterocycles. The van der Waals surface area contributed by atoms with Crippen molar-refractivity contribution in [3.8, 4) is 0 Å². The Kier molecular flexibility index (Phi) is 6.53. The van der Waals surface area contributed by atoms with Crippen molar-refractivity contribution in [1.82, 2.24) is 4.90 Å². The molecule has 4 heteroatoms. The maximum Gasteiger partial charge on any atom is 0.178 e. The number of hydrogen-bond acceptors (Lipinski definition) is 2. The van der Waals surface area contributed by atoms with Crippen molar-refractivity contribution in [1.29, 1.82) is 0 Å². The highest BCUT2D eigenvalue weighted by Crippen LogP contribution is 2.24. The van der Waals surface area contributed by atoms with E-state index in [0.29, 0.717) is 22.2 Å². The van der Waals surface area contributed by atoms with E-state index in [1.165, 1.54) is 32.1 Å². The fraction of sp³-hybridized carbons (Fsp3) is 0.588. The summed E-state index contributed by atoms with van der Waals surface area (Å²) in [4.78, 5) is 14.7. The van der Waals surface area contributed by atoms with Crippen LogP contribution in [0.2, 0.25) is 10.0 Å². The van der Waals surface area contributed by atoms with Crippen LogP contribution in [0.4, 0.5) is 0 Å². The van der Waals surface area contributed by atoms with Gasteiger partial charge in [-0.15, -0.1) is 0 Å². The Morgan fingerprint density at radius 1 is 1.29 bits per heavy atom. The zero-order valence-corrected chi connectivity index (χ0v) is 14.1. The van der Waals surface area contributed by atoms with Crippen LogP contribution in [0.3, 0.4) is 0 Å². The average Bonchev–Trinajstić information content (AvgIpc) is 2.67. The number of nitrogens with zero attached hydrogens (tertiary/aromatic N) is 1. The van der Waals surface area contributed by atoms with E-state index in [1.54, 1.807) is 18.2 Å². The van der Waals surface area contributed by atoms with Crippen LogP contribution in [0.25, 0.3) is 0 Å². The number of rotatable bonds is 5. The van der Waals surface area contributed by atoms with Crippen molar-refractivity contribution in [2.24, 2.45) is 5.92 Å². The van der Waals surface area contributed by atoms with Crippen LogP contribution in [0.5, 0.6) is 0 Å². The second-order valence-electron chi connectivity index (χ2n) is 5.91. The first-order chi connectivity index (χ1) is 10.1. The van der Waals surface area contributed by atoms with Crippen LogP contribution < -0.4 is 0 Å². The first-order valence-corrected chi connectivity index (χ1v) is 8.56. The smallest absolute Gasteiger partial charge is 0.178 e. The largest absolute Gasteiger partial charge is 0.296 e. The molecule has 1 aliphatic heterocycles. The molecule has 1 aromatic carbocycles.